The maximum absolute atomic E-state index is 13.4. The largest absolute Gasteiger partial charge is 0.216 e. The van der Waals surface area contributed by atoms with Crippen LogP contribution in [0.25, 0.3) is 0 Å². The highest BCUT2D eigenvalue weighted by Crippen LogP contribution is 2.17. The Balaban J connectivity index is 2.05. The average Bonchev–Trinajstić information content (AvgIpc) is 2.40. The fourth-order valence-corrected chi connectivity index (χ4v) is 3.12. The van der Waals surface area contributed by atoms with E-state index in [1.165, 1.54) is 12.1 Å². The summed E-state index contributed by atoms with van der Waals surface area (Å²) in [6.07, 6.45) is 0. The van der Waals surface area contributed by atoms with Gasteiger partial charge in [0.15, 0.2) is 0 Å². The van der Waals surface area contributed by atoms with Crippen molar-refractivity contribution in [2.75, 3.05) is 0 Å². The van der Waals surface area contributed by atoms with Gasteiger partial charge in [0.1, 0.15) is 5.82 Å². The van der Waals surface area contributed by atoms with E-state index in [1.54, 1.807) is 36.4 Å². The third-order valence-electron chi connectivity index (χ3n) is 2.74. The van der Waals surface area contributed by atoms with E-state index >= 15 is 0 Å². The Morgan fingerprint density at radius 3 is 2.25 bits per heavy atom. The second-order valence-corrected chi connectivity index (χ2v) is 6.48. The zero-order valence-electron chi connectivity index (χ0n) is 10.5. The number of rotatable bonds is 5. The van der Waals surface area contributed by atoms with E-state index in [1.807, 2.05) is 0 Å². The Morgan fingerprint density at radius 2 is 1.60 bits per heavy atom. The minimum atomic E-state index is -3.57. The van der Waals surface area contributed by atoms with Crippen molar-refractivity contribution in [3.8, 4) is 0 Å². The first-order chi connectivity index (χ1) is 9.48. The average molecular weight is 314 g/mol. The molecule has 0 bridgehead atoms. The molecule has 0 unspecified atom stereocenters. The molecular weight excluding hydrogens is 301 g/mol. The first-order valence-electron chi connectivity index (χ1n) is 5.92. The first kappa shape index (κ1) is 15.0. The van der Waals surface area contributed by atoms with Gasteiger partial charge >= 0.3 is 0 Å². The molecule has 0 atom stereocenters. The van der Waals surface area contributed by atoms with Crippen molar-refractivity contribution in [1.29, 1.82) is 0 Å². The zero-order valence-corrected chi connectivity index (χ0v) is 12.1. The van der Waals surface area contributed by atoms with E-state index in [0.29, 0.717) is 16.1 Å². The number of hydrogen-bond acceptors (Lipinski definition) is 2. The molecule has 2 aromatic carbocycles. The van der Waals surface area contributed by atoms with Crippen molar-refractivity contribution in [3.63, 3.8) is 0 Å². The summed E-state index contributed by atoms with van der Waals surface area (Å²) in [6.45, 7) is -0.0839. The molecular formula is C14H13ClFNO2S. The topological polar surface area (TPSA) is 46.2 Å². The molecule has 0 fully saturated rings. The lowest BCUT2D eigenvalue weighted by atomic mass is 10.2. The number of halogens is 2. The second-order valence-electron chi connectivity index (χ2n) is 4.26. The van der Waals surface area contributed by atoms with Crippen molar-refractivity contribution < 1.29 is 12.8 Å². The van der Waals surface area contributed by atoms with Crippen molar-refractivity contribution in [2.45, 2.75) is 12.3 Å². The van der Waals surface area contributed by atoms with Gasteiger partial charge in [-0.15, -0.1) is 0 Å². The number of sulfonamides is 1. The first-order valence-corrected chi connectivity index (χ1v) is 7.95. The minimum absolute atomic E-state index is 0.0839. The maximum atomic E-state index is 13.4. The van der Waals surface area contributed by atoms with Crippen LogP contribution in [0.4, 0.5) is 4.39 Å². The summed E-state index contributed by atoms with van der Waals surface area (Å²) in [7, 11) is -3.57. The molecule has 0 aromatic heterocycles. The van der Waals surface area contributed by atoms with Crippen LogP contribution in [0.3, 0.4) is 0 Å². The fraction of sp³-hybridized carbons (Fsp3) is 0.143. The molecule has 0 aliphatic carbocycles. The standard InChI is InChI=1S/C14H13ClFNO2S/c15-13-7-3-1-6-12(13)10-20(18,19)17-9-11-5-2-4-8-14(11)16/h1-8,17H,9-10H2. The summed E-state index contributed by atoms with van der Waals surface area (Å²) in [4.78, 5) is 0. The van der Waals surface area contributed by atoms with Crippen LogP contribution < -0.4 is 4.72 Å². The smallest absolute Gasteiger partial charge is 0.212 e. The highest BCUT2D eigenvalue weighted by Gasteiger charge is 2.14. The predicted octanol–water partition coefficient (Wildman–Crippen LogP) is 3.10. The lowest BCUT2D eigenvalue weighted by molar-refractivity contribution is 0.573. The van der Waals surface area contributed by atoms with Crippen LogP contribution in [0.2, 0.25) is 5.02 Å². The van der Waals surface area contributed by atoms with Crippen LogP contribution >= 0.6 is 11.6 Å². The van der Waals surface area contributed by atoms with Gasteiger partial charge in [-0.05, 0) is 17.7 Å². The lowest BCUT2D eigenvalue weighted by Crippen LogP contribution is -2.25. The van der Waals surface area contributed by atoms with Crippen molar-refractivity contribution in [2.24, 2.45) is 0 Å². The fourth-order valence-electron chi connectivity index (χ4n) is 1.70. The second kappa shape index (κ2) is 6.35. The quantitative estimate of drug-likeness (QED) is 0.922. The molecule has 0 aliphatic heterocycles. The lowest BCUT2D eigenvalue weighted by Gasteiger charge is -2.08. The van der Waals surface area contributed by atoms with Crippen LogP contribution in [0.5, 0.6) is 0 Å². The van der Waals surface area contributed by atoms with Gasteiger partial charge in [0.2, 0.25) is 10.0 Å². The molecule has 0 aliphatic rings. The Kier molecular flexibility index (Phi) is 4.75. The summed E-state index contributed by atoms with van der Waals surface area (Å²) in [5.41, 5.74) is 0.811. The number of nitrogens with one attached hydrogen (secondary N) is 1. The van der Waals surface area contributed by atoms with Gasteiger partial charge in [0, 0.05) is 17.1 Å². The Hall–Kier alpha value is -1.43. The van der Waals surface area contributed by atoms with E-state index < -0.39 is 15.8 Å². The number of benzene rings is 2. The molecule has 1 N–H and O–H groups in total. The van der Waals surface area contributed by atoms with Crippen LogP contribution in [0, 0.1) is 5.82 Å². The molecule has 3 nitrogen and oxygen atoms in total. The number of hydrogen-bond donors (Lipinski definition) is 1. The summed E-state index contributed by atoms with van der Waals surface area (Å²) in [6, 6.07) is 12.7. The molecule has 0 heterocycles. The molecule has 2 aromatic rings. The normalized spacial score (nSPS) is 11.5. The van der Waals surface area contributed by atoms with Gasteiger partial charge in [-0.3, -0.25) is 0 Å². The van der Waals surface area contributed by atoms with Crippen molar-refractivity contribution in [3.05, 3.63) is 70.5 Å². The van der Waals surface area contributed by atoms with E-state index in [9.17, 15) is 12.8 Å². The van der Waals surface area contributed by atoms with E-state index in [4.69, 9.17) is 11.6 Å². The highest BCUT2D eigenvalue weighted by atomic mass is 35.5. The summed E-state index contributed by atoms with van der Waals surface area (Å²) in [5.74, 6) is -0.672. The monoisotopic (exact) mass is 313 g/mol. The summed E-state index contributed by atoms with van der Waals surface area (Å²) >= 11 is 5.92. The third-order valence-corrected chi connectivity index (χ3v) is 4.39. The molecule has 6 heteroatoms. The Labute approximate surface area is 122 Å². The molecule has 106 valence electrons. The van der Waals surface area contributed by atoms with Crippen LogP contribution in [0.15, 0.2) is 48.5 Å². The van der Waals surface area contributed by atoms with Crippen LogP contribution in [-0.2, 0) is 22.3 Å². The van der Waals surface area contributed by atoms with Crippen LogP contribution in [0.1, 0.15) is 11.1 Å². The van der Waals surface area contributed by atoms with Gasteiger partial charge in [0.05, 0.1) is 5.75 Å². The van der Waals surface area contributed by atoms with Gasteiger partial charge < -0.3 is 0 Å². The molecule has 0 spiro atoms. The Morgan fingerprint density at radius 1 is 1.00 bits per heavy atom. The molecule has 0 saturated heterocycles. The maximum Gasteiger partial charge on any atom is 0.216 e. The third kappa shape index (κ3) is 4.03. The minimum Gasteiger partial charge on any atom is -0.212 e. The Bertz CT molecular complexity index is 704. The van der Waals surface area contributed by atoms with Gasteiger partial charge in [-0.1, -0.05) is 48.0 Å². The molecule has 2 rings (SSSR count). The summed E-state index contributed by atoms with van der Waals surface area (Å²) in [5, 5.41) is 0.392. The predicted molar refractivity (Wildman–Crippen MR) is 77.3 cm³/mol. The van der Waals surface area contributed by atoms with E-state index in [-0.39, 0.29) is 12.3 Å². The molecule has 0 radical (unpaired) electrons. The highest BCUT2D eigenvalue weighted by molar-refractivity contribution is 7.88. The zero-order chi connectivity index (χ0) is 14.6. The molecule has 0 amide bonds. The summed E-state index contributed by atoms with van der Waals surface area (Å²) < 4.78 is 39.7. The van der Waals surface area contributed by atoms with Crippen molar-refractivity contribution >= 4 is 21.6 Å². The SMILES string of the molecule is O=S(=O)(Cc1ccccc1Cl)NCc1ccccc1F. The molecule has 20 heavy (non-hydrogen) atoms. The molecule has 0 saturated carbocycles. The van der Waals surface area contributed by atoms with Crippen molar-refractivity contribution in [1.82, 2.24) is 4.72 Å². The van der Waals surface area contributed by atoms with Crippen LogP contribution in [-0.4, -0.2) is 8.42 Å². The van der Waals surface area contributed by atoms with E-state index in [0.717, 1.165) is 0 Å². The van der Waals surface area contributed by atoms with E-state index in [2.05, 4.69) is 4.72 Å². The van der Waals surface area contributed by atoms with Gasteiger partial charge in [0.25, 0.3) is 0 Å². The van der Waals surface area contributed by atoms with Gasteiger partial charge in [-0.25, -0.2) is 17.5 Å². The van der Waals surface area contributed by atoms with Gasteiger partial charge in [-0.2, -0.15) is 0 Å².